The smallest absolute Gasteiger partial charge is 0.407 e. The molecule has 0 aliphatic carbocycles. The number of fused-ring (bicyclic) bond motifs is 1. The first-order chi connectivity index (χ1) is 14.8. The van der Waals surface area contributed by atoms with Gasteiger partial charge in [-0.1, -0.05) is 0 Å². The highest BCUT2D eigenvalue weighted by Crippen LogP contribution is 2.33. The largest absolute Gasteiger partial charge is 0.444 e. The van der Waals surface area contributed by atoms with Gasteiger partial charge in [-0.05, 0) is 65.0 Å². The molecule has 3 atom stereocenters. The molecule has 31 heavy (non-hydrogen) atoms. The summed E-state index contributed by atoms with van der Waals surface area (Å²) in [7, 11) is 0. The minimum atomic E-state index is -0.458. The monoisotopic (exact) mass is 430 g/mol. The van der Waals surface area contributed by atoms with Gasteiger partial charge in [0, 0.05) is 25.8 Å². The van der Waals surface area contributed by atoms with Crippen LogP contribution in [0.5, 0.6) is 0 Å². The zero-order valence-electron chi connectivity index (χ0n) is 18.7. The van der Waals surface area contributed by atoms with Crippen molar-refractivity contribution in [3.63, 3.8) is 0 Å². The van der Waals surface area contributed by atoms with Crippen LogP contribution in [0.4, 0.5) is 10.6 Å². The molecule has 2 saturated heterocycles. The third kappa shape index (κ3) is 5.46. The number of nitrogen functional groups attached to an aromatic ring is 1. The summed E-state index contributed by atoms with van der Waals surface area (Å²) in [5.41, 5.74) is 6.33. The Hall–Kier alpha value is -2.39. The maximum atomic E-state index is 11.8. The molecule has 2 aromatic heterocycles. The van der Waals surface area contributed by atoms with Crippen molar-refractivity contribution < 1.29 is 14.3 Å². The van der Waals surface area contributed by atoms with Gasteiger partial charge in [-0.3, -0.25) is 0 Å². The van der Waals surface area contributed by atoms with Crippen molar-refractivity contribution in [2.24, 2.45) is 5.92 Å². The third-order valence-corrected chi connectivity index (χ3v) is 5.99. The van der Waals surface area contributed by atoms with Crippen LogP contribution in [0.2, 0.25) is 0 Å². The second kappa shape index (κ2) is 9.00. The van der Waals surface area contributed by atoms with Crippen molar-refractivity contribution in [1.29, 1.82) is 0 Å². The summed E-state index contributed by atoms with van der Waals surface area (Å²) in [6, 6.07) is 1.96. The number of nitrogens with two attached hydrogens (primary N) is 1. The summed E-state index contributed by atoms with van der Waals surface area (Å²) in [6.07, 6.45) is 7.51. The van der Waals surface area contributed by atoms with E-state index in [2.05, 4.69) is 24.8 Å². The topological polar surface area (TPSA) is 108 Å². The SMILES string of the molecule is CC(C)(C)OC(=O)NCCC1CCN(C[C@@H]2CC[C@H](n3ccc4c(N)ncnc43)O2)C1. The van der Waals surface area contributed by atoms with Crippen LogP contribution in [0, 0.1) is 5.92 Å². The second-order valence-corrected chi connectivity index (χ2v) is 9.64. The van der Waals surface area contributed by atoms with Crippen LogP contribution >= 0.6 is 0 Å². The van der Waals surface area contributed by atoms with Crippen molar-refractivity contribution in [3.8, 4) is 0 Å². The molecule has 2 aliphatic heterocycles. The van der Waals surface area contributed by atoms with Crippen molar-refractivity contribution in [1.82, 2.24) is 24.8 Å². The van der Waals surface area contributed by atoms with E-state index in [1.807, 2.05) is 33.0 Å². The van der Waals surface area contributed by atoms with Crippen molar-refractivity contribution in [2.75, 3.05) is 31.9 Å². The van der Waals surface area contributed by atoms with Gasteiger partial charge in [0.15, 0.2) is 0 Å². The van der Waals surface area contributed by atoms with Crippen LogP contribution in [-0.2, 0) is 9.47 Å². The van der Waals surface area contributed by atoms with Crippen molar-refractivity contribution in [2.45, 2.75) is 64.4 Å². The van der Waals surface area contributed by atoms with Gasteiger partial charge in [-0.2, -0.15) is 0 Å². The number of hydrogen-bond acceptors (Lipinski definition) is 7. The zero-order chi connectivity index (χ0) is 22.0. The van der Waals surface area contributed by atoms with E-state index in [1.165, 1.54) is 6.33 Å². The lowest BCUT2D eigenvalue weighted by Gasteiger charge is -2.22. The van der Waals surface area contributed by atoms with Crippen molar-refractivity contribution in [3.05, 3.63) is 18.6 Å². The Bertz CT molecular complexity index is 908. The van der Waals surface area contributed by atoms with E-state index in [0.717, 1.165) is 56.4 Å². The van der Waals surface area contributed by atoms with E-state index in [9.17, 15) is 4.79 Å². The molecule has 3 N–H and O–H groups in total. The Labute approximate surface area is 183 Å². The number of rotatable bonds is 6. The maximum absolute atomic E-state index is 11.8. The molecule has 1 unspecified atom stereocenters. The molecule has 0 spiro atoms. The average molecular weight is 431 g/mol. The van der Waals surface area contributed by atoms with E-state index in [-0.39, 0.29) is 18.4 Å². The molecule has 0 aromatic carbocycles. The fourth-order valence-electron chi connectivity index (χ4n) is 4.54. The highest BCUT2D eigenvalue weighted by atomic mass is 16.6. The summed E-state index contributed by atoms with van der Waals surface area (Å²) in [4.78, 5) is 22.7. The lowest BCUT2D eigenvalue weighted by Crippen LogP contribution is -2.34. The number of nitrogens with zero attached hydrogens (tertiary/aromatic N) is 4. The standard InChI is InChI=1S/C22H34N6O3/c1-22(2,3)31-21(29)24-9-6-15-7-10-27(12-15)13-16-4-5-18(30-16)28-11-8-17-19(23)25-14-26-20(17)28/h8,11,14-16,18H,4-7,9-10,12-13H2,1-3H3,(H,24,29)(H2,23,25,26)/t15?,16-,18+/m0/s1. The number of nitrogens with one attached hydrogen (secondary N) is 1. The molecule has 170 valence electrons. The van der Waals surface area contributed by atoms with E-state index >= 15 is 0 Å². The molecule has 0 bridgehead atoms. The van der Waals surface area contributed by atoms with Crippen LogP contribution in [0.1, 0.15) is 52.7 Å². The minimum Gasteiger partial charge on any atom is -0.444 e. The van der Waals surface area contributed by atoms with Gasteiger partial charge in [-0.25, -0.2) is 14.8 Å². The van der Waals surface area contributed by atoms with Crippen LogP contribution in [-0.4, -0.2) is 63.4 Å². The van der Waals surface area contributed by atoms with Crippen LogP contribution in [0.25, 0.3) is 11.0 Å². The van der Waals surface area contributed by atoms with Gasteiger partial charge in [0.05, 0.1) is 11.5 Å². The van der Waals surface area contributed by atoms with Gasteiger partial charge in [0.2, 0.25) is 0 Å². The Morgan fingerprint density at radius 3 is 2.97 bits per heavy atom. The average Bonchev–Trinajstić information content (AvgIpc) is 3.41. The zero-order valence-corrected chi connectivity index (χ0v) is 18.7. The molecule has 2 fully saturated rings. The number of hydrogen-bond donors (Lipinski definition) is 2. The first-order valence-electron chi connectivity index (χ1n) is 11.2. The molecule has 2 aromatic rings. The fourth-order valence-corrected chi connectivity index (χ4v) is 4.54. The Morgan fingerprint density at radius 2 is 2.16 bits per heavy atom. The second-order valence-electron chi connectivity index (χ2n) is 9.64. The molecular weight excluding hydrogens is 396 g/mol. The van der Waals surface area contributed by atoms with E-state index in [4.69, 9.17) is 15.2 Å². The van der Waals surface area contributed by atoms with Crippen LogP contribution in [0.3, 0.4) is 0 Å². The third-order valence-electron chi connectivity index (χ3n) is 5.99. The number of ether oxygens (including phenoxy) is 2. The van der Waals surface area contributed by atoms with Gasteiger partial charge < -0.3 is 30.0 Å². The normalized spacial score (nSPS) is 24.7. The van der Waals surface area contributed by atoms with Gasteiger partial charge in [0.1, 0.15) is 29.6 Å². The Balaban J connectivity index is 1.21. The van der Waals surface area contributed by atoms with Gasteiger partial charge >= 0.3 is 6.09 Å². The number of anilines is 1. The summed E-state index contributed by atoms with van der Waals surface area (Å²) in [6.45, 7) is 9.36. The predicted molar refractivity (Wildman–Crippen MR) is 118 cm³/mol. The molecule has 1 amide bonds. The first kappa shape index (κ1) is 21.8. The van der Waals surface area contributed by atoms with Crippen molar-refractivity contribution >= 4 is 22.9 Å². The maximum Gasteiger partial charge on any atom is 0.407 e. The van der Waals surface area contributed by atoms with Crippen LogP contribution in [0.15, 0.2) is 18.6 Å². The minimum absolute atomic E-state index is 0.00627. The summed E-state index contributed by atoms with van der Waals surface area (Å²) >= 11 is 0. The molecule has 9 heteroatoms. The fraction of sp³-hybridized carbons (Fsp3) is 0.682. The predicted octanol–water partition coefficient (Wildman–Crippen LogP) is 2.93. The number of carbonyl (C=O) groups excluding carboxylic acids is 1. The Kier molecular flexibility index (Phi) is 6.34. The number of alkyl carbamates (subject to hydrolysis) is 1. The number of likely N-dealkylation sites (tertiary alicyclic amines) is 1. The summed E-state index contributed by atoms with van der Waals surface area (Å²) in [5, 5.41) is 3.74. The Morgan fingerprint density at radius 1 is 1.32 bits per heavy atom. The number of amides is 1. The van der Waals surface area contributed by atoms with Gasteiger partial charge in [-0.15, -0.1) is 0 Å². The van der Waals surface area contributed by atoms with E-state index in [0.29, 0.717) is 18.3 Å². The summed E-state index contributed by atoms with van der Waals surface area (Å²) < 4.78 is 13.7. The molecular formula is C22H34N6O3. The molecule has 4 heterocycles. The lowest BCUT2D eigenvalue weighted by atomic mass is 10.1. The van der Waals surface area contributed by atoms with Crippen LogP contribution < -0.4 is 11.1 Å². The highest BCUT2D eigenvalue weighted by Gasteiger charge is 2.31. The molecule has 9 nitrogen and oxygen atoms in total. The lowest BCUT2D eigenvalue weighted by molar-refractivity contribution is -0.00889. The number of carbonyl (C=O) groups is 1. The molecule has 0 radical (unpaired) electrons. The highest BCUT2D eigenvalue weighted by molar-refractivity contribution is 5.86. The van der Waals surface area contributed by atoms with Gasteiger partial charge in [0.25, 0.3) is 0 Å². The first-order valence-corrected chi connectivity index (χ1v) is 11.2. The molecule has 4 rings (SSSR count). The summed E-state index contributed by atoms with van der Waals surface area (Å²) in [5.74, 6) is 1.10. The van der Waals surface area contributed by atoms with E-state index < -0.39 is 5.60 Å². The van der Waals surface area contributed by atoms with E-state index in [1.54, 1.807) is 0 Å². The quantitative estimate of drug-likeness (QED) is 0.725. The number of aromatic nitrogens is 3. The molecule has 2 aliphatic rings. The molecule has 0 saturated carbocycles.